The van der Waals surface area contributed by atoms with Crippen LogP contribution in [0, 0.1) is 6.92 Å². The van der Waals surface area contributed by atoms with Crippen LogP contribution >= 0.6 is 0 Å². The fraction of sp³-hybridized carbons (Fsp3) is 0.303. The first kappa shape index (κ1) is 27.3. The summed E-state index contributed by atoms with van der Waals surface area (Å²) in [6.07, 6.45) is 4.89. The number of imidazole rings is 2. The first-order valence-corrected chi connectivity index (χ1v) is 14.1. The first-order valence-electron chi connectivity index (χ1n) is 14.1. The van der Waals surface area contributed by atoms with Gasteiger partial charge in [-0.1, -0.05) is 63.2 Å². The zero-order valence-corrected chi connectivity index (χ0v) is 23.8. The van der Waals surface area contributed by atoms with Gasteiger partial charge in [0.1, 0.15) is 5.82 Å². The number of hydrogen-bond donors (Lipinski definition) is 1. The standard InChI is InChI=1S/C33H37N5O2/c1-5-31-35-32-23(4)18-26(29-21-37(22-34-29)17-16-36(6-2)7-3)19-30(32)38(31)20-24-12-14-25(15-13-24)27-10-8-9-11-28(27)33(39)40/h8-15,18-19,21-22H,5-7,16-17,20H2,1-4H3,(H,39,40). The second-order valence-corrected chi connectivity index (χ2v) is 10.2. The van der Waals surface area contributed by atoms with Crippen molar-refractivity contribution in [3.63, 3.8) is 0 Å². The molecule has 5 rings (SSSR count). The number of aromatic carboxylic acids is 1. The van der Waals surface area contributed by atoms with Crippen LogP contribution in [-0.2, 0) is 19.5 Å². The van der Waals surface area contributed by atoms with Crippen LogP contribution in [0.15, 0.2) is 73.2 Å². The maximum Gasteiger partial charge on any atom is 0.336 e. The summed E-state index contributed by atoms with van der Waals surface area (Å²) in [4.78, 5) is 23.8. The predicted molar refractivity (Wildman–Crippen MR) is 161 cm³/mol. The van der Waals surface area contributed by atoms with Gasteiger partial charge in [-0.05, 0) is 60.5 Å². The van der Waals surface area contributed by atoms with Crippen molar-refractivity contribution in [2.24, 2.45) is 0 Å². The first-order chi connectivity index (χ1) is 19.4. The minimum atomic E-state index is -0.919. The predicted octanol–water partition coefficient (Wildman–Crippen LogP) is 6.53. The maximum absolute atomic E-state index is 11.7. The van der Waals surface area contributed by atoms with Gasteiger partial charge < -0.3 is 19.1 Å². The quantitative estimate of drug-likeness (QED) is 0.208. The minimum Gasteiger partial charge on any atom is -0.478 e. The van der Waals surface area contributed by atoms with Gasteiger partial charge in [0.05, 0.1) is 28.6 Å². The normalized spacial score (nSPS) is 11.5. The molecule has 5 aromatic rings. The summed E-state index contributed by atoms with van der Waals surface area (Å²) in [5.74, 6) is 0.123. The molecule has 206 valence electrons. The molecule has 0 saturated carbocycles. The van der Waals surface area contributed by atoms with E-state index in [1.807, 2.05) is 30.6 Å². The highest BCUT2D eigenvalue weighted by Crippen LogP contribution is 2.29. The van der Waals surface area contributed by atoms with Gasteiger partial charge >= 0.3 is 5.97 Å². The maximum atomic E-state index is 11.7. The van der Waals surface area contributed by atoms with Crippen molar-refractivity contribution < 1.29 is 9.90 Å². The third-order valence-electron chi connectivity index (χ3n) is 7.70. The van der Waals surface area contributed by atoms with Gasteiger partial charge in [-0.2, -0.15) is 0 Å². The average Bonchev–Trinajstić information content (AvgIpc) is 3.59. The Hall–Kier alpha value is -4.23. The SMILES string of the molecule is CCc1nc2c(C)cc(-c3cn(CCN(CC)CC)cn3)cc2n1Cc1ccc(-c2ccccc2C(=O)O)cc1. The van der Waals surface area contributed by atoms with Crippen molar-refractivity contribution in [1.82, 2.24) is 24.0 Å². The fourth-order valence-corrected chi connectivity index (χ4v) is 5.36. The molecule has 2 heterocycles. The van der Waals surface area contributed by atoms with E-state index in [2.05, 4.69) is 72.2 Å². The number of carboxylic acids is 1. The Bertz CT molecular complexity index is 1630. The van der Waals surface area contributed by atoms with Crippen molar-refractivity contribution in [2.45, 2.75) is 47.2 Å². The summed E-state index contributed by atoms with van der Waals surface area (Å²) in [6.45, 7) is 13.4. The van der Waals surface area contributed by atoms with E-state index in [1.165, 1.54) is 0 Å². The van der Waals surface area contributed by atoms with Crippen molar-refractivity contribution in [3.05, 3.63) is 95.7 Å². The lowest BCUT2D eigenvalue weighted by atomic mass is 9.98. The Balaban J connectivity index is 1.44. The summed E-state index contributed by atoms with van der Waals surface area (Å²) in [7, 11) is 0. The van der Waals surface area contributed by atoms with E-state index < -0.39 is 5.97 Å². The largest absolute Gasteiger partial charge is 0.478 e. The number of hydrogen-bond acceptors (Lipinski definition) is 4. The van der Waals surface area contributed by atoms with Crippen LogP contribution in [0.2, 0.25) is 0 Å². The van der Waals surface area contributed by atoms with Gasteiger partial charge in [0, 0.05) is 37.8 Å². The number of carboxylic acid groups (broad SMARTS) is 1. The Morgan fingerprint density at radius 3 is 2.42 bits per heavy atom. The van der Waals surface area contributed by atoms with Gasteiger partial charge in [0.25, 0.3) is 0 Å². The van der Waals surface area contributed by atoms with Crippen LogP contribution in [0.25, 0.3) is 33.4 Å². The van der Waals surface area contributed by atoms with E-state index in [4.69, 9.17) is 9.97 Å². The van der Waals surface area contributed by atoms with Crippen molar-refractivity contribution in [3.8, 4) is 22.4 Å². The number of fused-ring (bicyclic) bond motifs is 1. The van der Waals surface area contributed by atoms with Crippen molar-refractivity contribution in [2.75, 3.05) is 19.6 Å². The minimum absolute atomic E-state index is 0.308. The number of carbonyl (C=O) groups is 1. The number of aryl methyl sites for hydroxylation is 2. The molecule has 0 radical (unpaired) electrons. The topological polar surface area (TPSA) is 76.2 Å². The summed E-state index contributed by atoms with van der Waals surface area (Å²) in [6, 6.07) is 19.7. The van der Waals surface area contributed by atoms with E-state index in [-0.39, 0.29) is 0 Å². The lowest BCUT2D eigenvalue weighted by Crippen LogP contribution is -2.26. The molecule has 0 saturated heterocycles. The number of nitrogens with zero attached hydrogens (tertiary/aromatic N) is 5. The molecule has 0 aliphatic carbocycles. The highest BCUT2D eigenvalue weighted by molar-refractivity contribution is 5.96. The second-order valence-electron chi connectivity index (χ2n) is 10.2. The molecule has 0 spiro atoms. The summed E-state index contributed by atoms with van der Waals surface area (Å²) in [5.41, 5.74) is 8.38. The Kier molecular flexibility index (Phi) is 8.12. The molecule has 40 heavy (non-hydrogen) atoms. The third-order valence-corrected chi connectivity index (χ3v) is 7.70. The molecule has 0 aliphatic rings. The summed E-state index contributed by atoms with van der Waals surface area (Å²) < 4.78 is 4.47. The number of rotatable bonds is 11. The number of benzene rings is 3. The van der Waals surface area contributed by atoms with Crippen LogP contribution in [-0.4, -0.2) is 54.7 Å². The van der Waals surface area contributed by atoms with Gasteiger partial charge in [0.2, 0.25) is 0 Å². The Morgan fingerprint density at radius 1 is 0.975 bits per heavy atom. The highest BCUT2D eigenvalue weighted by Gasteiger charge is 2.16. The fourth-order valence-electron chi connectivity index (χ4n) is 5.36. The van der Waals surface area contributed by atoms with E-state index in [1.54, 1.807) is 12.1 Å². The molecule has 3 aromatic carbocycles. The van der Waals surface area contributed by atoms with E-state index in [0.29, 0.717) is 12.1 Å². The van der Waals surface area contributed by atoms with Gasteiger partial charge in [-0.3, -0.25) is 0 Å². The molecule has 0 bridgehead atoms. The molecule has 1 N–H and O–H groups in total. The summed E-state index contributed by atoms with van der Waals surface area (Å²) in [5, 5.41) is 9.59. The van der Waals surface area contributed by atoms with Crippen LogP contribution < -0.4 is 0 Å². The van der Waals surface area contributed by atoms with E-state index in [9.17, 15) is 9.90 Å². The molecule has 2 aromatic heterocycles. The van der Waals surface area contributed by atoms with E-state index >= 15 is 0 Å². The Labute approximate surface area is 235 Å². The van der Waals surface area contributed by atoms with Gasteiger partial charge in [0.15, 0.2) is 0 Å². The van der Waals surface area contributed by atoms with Crippen molar-refractivity contribution >= 4 is 17.0 Å². The number of likely N-dealkylation sites (N-methyl/N-ethyl adjacent to an activating group) is 1. The molecule has 0 amide bonds. The van der Waals surface area contributed by atoms with Crippen LogP contribution in [0.5, 0.6) is 0 Å². The molecule has 7 nitrogen and oxygen atoms in total. The smallest absolute Gasteiger partial charge is 0.336 e. The van der Waals surface area contributed by atoms with E-state index in [0.717, 1.165) is 83.0 Å². The van der Waals surface area contributed by atoms with Crippen LogP contribution in [0.3, 0.4) is 0 Å². The molecular formula is C33H37N5O2. The molecule has 0 atom stereocenters. The molecular weight excluding hydrogens is 498 g/mol. The monoisotopic (exact) mass is 535 g/mol. The molecule has 0 unspecified atom stereocenters. The zero-order valence-electron chi connectivity index (χ0n) is 23.8. The van der Waals surface area contributed by atoms with Crippen LogP contribution in [0.1, 0.15) is 48.1 Å². The van der Waals surface area contributed by atoms with Crippen molar-refractivity contribution in [1.29, 1.82) is 0 Å². The molecule has 0 aliphatic heterocycles. The lowest BCUT2D eigenvalue weighted by molar-refractivity contribution is 0.0697. The zero-order chi connectivity index (χ0) is 28.2. The number of aromatic nitrogens is 4. The molecule has 7 heteroatoms. The van der Waals surface area contributed by atoms with Gasteiger partial charge in [-0.25, -0.2) is 14.8 Å². The highest BCUT2D eigenvalue weighted by atomic mass is 16.4. The third kappa shape index (κ3) is 5.56. The van der Waals surface area contributed by atoms with Gasteiger partial charge in [-0.15, -0.1) is 0 Å². The molecule has 0 fully saturated rings. The Morgan fingerprint density at radius 2 is 1.73 bits per heavy atom. The average molecular weight is 536 g/mol. The second kappa shape index (κ2) is 11.9. The lowest BCUT2D eigenvalue weighted by Gasteiger charge is -2.17. The van der Waals surface area contributed by atoms with Crippen LogP contribution in [0.4, 0.5) is 0 Å². The summed E-state index contributed by atoms with van der Waals surface area (Å²) >= 11 is 0.